The first-order chi connectivity index (χ1) is 9.73. The lowest BCUT2D eigenvalue weighted by atomic mass is 9.98. The number of aliphatic hydroxyl groups is 2. The normalized spacial score (nSPS) is 13.5. The van der Waals surface area contributed by atoms with Gasteiger partial charge >= 0.3 is 5.97 Å². The number of aromatic hydroxyl groups is 2. The Kier molecular flexibility index (Phi) is 5.51. The SMILES string of the molecule is CC(=O)NCCC(O)C(O)c1c(O)cc(C(=O)O)cc1O. The Labute approximate surface area is 120 Å². The lowest BCUT2D eigenvalue weighted by molar-refractivity contribution is -0.119. The molecule has 0 heterocycles. The Morgan fingerprint density at radius 1 is 1.19 bits per heavy atom. The Morgan fingerprint density at radius 3 is 2.14 bits per heavy atom. The number of aromatic carboxylic acids is 1. The van der Waals surface area contributed by atoms with Gasteiger partial charge in [0.25, 0.3) is 0 Å². The molecule has 0 aliphatic heterocycles. The van der Waals surface area contributed by atoms with Crippen LogP contribution in [0.5, 0.6) is 11.5 Å². The summed E-state index contributed by atoms with van der Waals surface area (Å²) in [4.78, 5) is 21.4. The Hall–Kier alpha value is -2.32. The molecule has 116 valence electrons. The highest BCUT2D eigenvalue weighted by atomic mass is 16.4. The molecule has 8 heteroatoms. The van der Waals surface area contributed by atoms with E-state index in [1.54, 1.807) is 0 Å². The number of aliphatic hydroxyl groups excluding tert-OH is 2. The standard InChI is InChI=1S/C13H17NO7/c1-6(15)14-3-2-8(16)12(19)11-9(17)4-7(13(20)21)5-10(11)18/h4-5,8,12,16-19H,2-3H2,1H3,(H,14,15)(H,20,21). The Morgan fingerprint density at radius 2 is 1.71 bits per heavy atom. The average Bonchev–Trinajstić information content (AvgIpc) is 2.36. The van der Waals surface area contributed by atoms with Gasteiger partial charge in [0.05, 0.1) is 17.2 Å². The molecular weight excluding hydrogens is 282 g/mol. The molecule has 0 bridgehead atoms. The molecule has 0 aliphatic carbocycles. The van der Waals surface area contributed by atoms with E-state index in [1.807, 2.05) is 0 Å². The van der Waals surface area contributed by atoms with Gasteiger partial charge in [0, 0.05) is 13.5 Å². The van der Waals surface area contributed by atoms with Crippen LogP contribution in [-0.2, 0) is 4.79 Å². The van der Waals surface area contributed by atoms with Crippen molar-refractivity contribution in [2.45, 2.75) is 25.6 Å². The van der Waals surface area contributed by atoms with Crippen molar-refractivity contribution in [2.24, 2.45) is 0 Å². The fourth-order valence-corrected chi connectivity index (χ4v) is 1.80. The number of benzene rings is 1. The second-order valence-corrected chi connectivity index (χ2v) is 4.52. The molecular formula is C13H17NO7. The van der Waals surface area contributed by atoms with E-state index in [9.17, 15) is 30.0 Å². The first kappa shape index (κ1) is 16.7. The zero-order valence-corrected chi connectivity index (χ0v) is 11.3. The predicted molar refractivity (Wildman–Crippen MR) is 71.0 cm³/mol. The third-order valence-electron chi connectivity index (χ3n) is 2.86. The van der Waals surface area contributed by atoms with Crippen molar-refractivity contribution in [1.82, 2.24) is 5.32 Å². The molecule has 0 aliphatic rings. The molecule has 0 saturated carbocycles. The molecule has 8 nitrogen and oxygen atoms in total. The van der Waals surface area contributed by atoms with Gasteiger partial charge in [-0.15, -0.1) is 0 Å². The average molecular weight is 299 g/mol. The van der Waals surface area contributed by atoms with E-state index in [-0.39, 0.29) is 30.0 Å². The minimum absolute atomic E-state index is 0.0136. The van der Waals surface area contributed by atoms with Crippen LogP contribution in [0.3, 0.4) is 0 Å². The molecule has 1 amide bonds. The van der Waals surface area contributed by atoms with Crippen LogP contribution in [0.1, 0.15) is 35.4 Å². The molecule has 0 saturated heterocycles. The first-order valence-corrected chi connectivity index (χ1v) is 6.13. The van der Waals surface area contributed by atoms with Crippen LogP contribution < -0.4 is 5.32 Å². The van der Waals surface area contributed by atoms with E-state index in [2.05, 4.69) is 5.32 Å². The zero-order valence-electron chi connectivity index (χ0n) is 11.3. The van der Waals surface area contributed by atoms with E-state index in [0.717, 1.165) is 12.1 Å². The van der Waals surface area contributed by atoms with Crippen LogP contribution in [0.2, 0.25) is 0 Å². The maximum absolute atomic E-state index is 10.8. The van der Waals surface area contributed by atoms with Crippen LogP contribution in [0.4, 0.5) is 0 Å². The third kappa shape index (κ3) is 4.33. The van der Waals surface area contributed by atoms with E-state index >= 15 is 0 Å². The number of nitrogens with one attached hydrogen (secondary N) is 1. The lowest BCUT2D eigenvalue weighted by Gasteiger charge is -2.20. The van der Waals surface area contributed by atoms with Gasteiger partial charge in [0.15, 0.2) is 0 Å². The summed E-state index contributed by atoms with van der Waals surface area (Å²) in [6, 6.07) is 1.72. The molecule has 0 fully saturated rings. The van der Waals surface area contributed by atoms with E-state index < -0.39 is 29.7 Å². The van der Waals surface area contributed by atoms with E-state index in [0.29, 0.717) is 0 Å². The van der Waals surface area contributed by atoms with Gasteiger partial charge in [-0.05, 0) is 18.6 Å². The highest BCUT2D eigenvalue weighted by Gasteiger charge is 2.25. The van der Waals surface area contributed by atoms with Crippen molar-refractivity contribution in [3.63, 3.8) is 0 Å². The quantitative estimate of drug-likeness (QED) is 0.423. The number of rotatable bonds is 6. The van der Waals surface area contributed by atoms with Crippen LogP contribution in [-0.4, -0.2) is 50.1 Å². The summed E-state index contributed by atoms with van der Waals surface area (Å²) in [6.07, 6.45) is -2.99. The predicted octanol–water partition coefficient (Wildman–Crippen LogP) is -0.284. The minimum atomic E-state index is -1.62. The summed E-state index contributed by atoms with van der Waals surface area (Å²) in [6.45, 7) is 1.40. The van der Waals surface area contributed by atoms with Crippen molar-refractivity contribution in [2.75, 3.05) is 6.54 Å². The lowest BCUT2D eigenvalue weighted by Crippen LogP contribution is -2.27. The number of hydrogen-bond donors (Lipinski definition) is 6. The molecule has 0 aromatic heterocycles. The van der Waals surface area contributed by atoms with Crippen molar-refractivity contribution in [3.8, 4) is 11.5 Å². The molecule has 21 heavy (non-hydrogen) atoms. The monoisotopic (exact) mass is 299 g/mol. The molecule has 1 rings (SSSR count). The summed E-state index contributed by atoms with van der Waals surface area (Å²) < 4.78 is 0. The number of carbonyl (C=O) groups excluding carboxylic acids is 1. The van der Waals surface area contributed by atoms with Crippen LogP contribution in [0, 0.1) is 0 Å². The molecule has 2 unspecified atom stereocenters. The second-order valence-electron chi connectivity index (χ2n) is 4.52. The number of phenolic OH excluding ortho intramolecular Hbond substituents is 2. The highest BCUT2D eigenvalue weighted by Crippen LogP contribution is 2.36. The number of carboxylic acid groups (broad SMARTS) is 1. The summed E-state index contributed by atoms with van der Waals surface area (Å²) >= 11 is 0. The smallest absolute Gasteiger partial charge is 0.335 e. The highest BCUT2D eigenvalue weighted by molar-refractivity contribution is 5.89. The largest absolute Gasteiger partial charge is 0.507 e. The van der Waals surface area contributed by atoms with Gasteiger partial charge in [-0.25, -0.2) is 4.79 Å². The number of phenols is 2. The fraction of sp³-hybridized carbons (Fsp3) is 0.385. The second kappa shape index (κ2) is 6.91. The summed E-state index contributed by atoms with van der Waals surface area (Å²) in [5.41, 5.74) is -0.719. The molecule has 6 N–H and O–H groups in total. The van der Waals surface area contributed by atoms with Crippen molar-refractivity contribution in [3.05, 3.63) is 23.3 Å². The van der Waals surface area contributed by atoms with Gasteiger partial charge in [-0.3, -0.25) is 4.79 Å². The topological polar surface area (TPSA) is 147 Å². The number of carboxylic acids is 1. The zero-order chi connectivity index (χ0) is 16.2. The van der Waals surface area contributed by atoms with Gasteiger partial charge in [-0.2, -0.15) is 0 Å². The van der Waals surface area contributed by atoms with Gasteiger partial charge < -0.3 is 30.8 Å². The number of hydrogen-bond acceptors (Lipinski definition) is 6. The minimum Gasteiger partial charge on any atom is -0.507 e. The van der Waals surface area contributed by atoms with Crippen LogP contribution in [0.15, 0.2) is 12.1 Å². The molecule has 0 spiro atoms. The van der Waals surface area contributed by atoms with Gasteiger partial charge in [0.2, 0.25) is 5.91 Å². The van der Waals surface area contributed by atoms with Crippen molar-refractivity contribution < 1.29 is 35.1 Å². The molecule has 1 aromatic carbocycles. The van der Waals surface area contributed by atoms with Crippen molar-refractivity contribution in [1.29, 1.82) is 0 Å². The van der Waals surface area contributed by atoms with Gasteiger partial charge in [0.1, 0.15) is 17.6 Å². The summed E-state index contributed by atoms with van der Waals surface area (Å²) in [5.74, 6) is -2.93. The van der Waals surface area contributed by atoms with E-state index in [1.165, 1.54) is 6.92 Å². The Balaban J connectivity index is 2.89. The maximum Gasteiger partial charge on any atom is 0.335 e. The molecule has 0 radical (unpaired) electrons. The third-order valence-corrected chi connectivity index (χ3v) is 2.86. The van der Waals surface area contributed by atoms with Crippen LogP contribution >= 0.6 is 0 Å². The van der Waals surface area contributed by atoms with Crippen molar-refractivity contribution >= 4 is 11.9 Å². The molecule has 1 aromatic rings. The summed E-state index contributed by atoms with van der Waals surface area (Å²) in [5, 5.41) is 50.3. The number of carbonyl (C=O) groups is 2. The number of amides is 1. The van der Waals surface area contributed by atoms with Gasteiger partial charge in [-0.1, -0.05) is 0 Å². The van der Waals surface area contributed by atoms with E-state index in [4.69, 9.17) is 5.11 Å². The fourth-order valence-electron chi connectivity index (χ4n) is 1.80. The Bertz CT molecular complexity index is 520. The molecule has 2 atom stereocenters. The summed E-state index contributed by atoms with van der Waals surface area (Å²) in [7, 11) is 0. The maximum atomic E-state index is 10.8. The van der Waals surface area contributed by atoms with Crippen LogP contribution in [0.25, 0.3) is 0 Å². The first-order valence-electron chi connectivity index (χ1n) is 6.13.